The summed E-state index contributed by atoms with van der Waals surface area (Å²) in [5.74, 6) is -1.17. The number of carboxylic acids is 1. The topological polar surface area (TPSA) is 110 Å². The first-order chi connectivity index (χ1) is 11.5. The van der Waals surface area contributed by atoms with Crippen LogP contribution in [0.1, 0.15) is 51.4 Å². The molecule has 0 spiro atoms. The molecule has 0 rings (SSSR count). The lowest BCUT2D eigenvalue weighted by molar-refractivity contribution is -0.142. The third-order valence-corrected chi connectivity index (χ3v) is 3.71. The number of hydrogen-bond donors (Lipinski definition) is 4. The van der Waals surface area contributed by atoms with Gasteiger partial charge in [0.25, 0.3) is 0 Å². The van der Waals surface area contributed by atoms with Gasteiger partial charge in [-0.3, -0.25) is 14.5 Å². The Balaban J connectivity index is 3.69. The number of aliphatic hydroxyl groups is 2. The van der Waals surface area contributed by atoms with Gasteiger partial charge in [0.15, 0.2) is 0 Å². The second-order valence-electron chi connectivity index (χ2n) is 5.83. The van der Waals surface area contributed by atoms with Gasteiger partial charge in [-0.1, -0.05) is 31.8 Å². The summed E-state index contributed by atoms with van der Waals surface area (Å²) in [6.07, 6.45) is 8.75. The van der Waals surface area contributed by atoms with E-state index in [1.165, 1.54) is 24.2 Å². The highest BCUT2D eigenvalue weighted by molar-refractivity contribution is 5.75. The van der Waals surface area contributed by atoms with E-state index in [1.807, 2.05) is 6.08 Å². The molecule has 7 heteroatoms. The van der Waals surface area contributed by atoms with Gasteiger partial charge in [-0.05, 0) is 19.3 Å². The van der Waals surface area contributed by atoms with E-state index in [1.54, 1.807) is 0 Å². The molecule has 1 atom stereocenters. The zero-order valence-electron chi connectivity index (χ0n) is 14.5. The van der Waals surface area contributed by atoms with Crippen molar-refractivity contribution in [2.45, 2.75) is 57.6 Å². The molecule has 1 amide bonds. The molecule has 4 N–H and O–H groups in total. The molecule has 24 heavy (non-hydrogen) atoms. The number of unbranched alkanes of at least 4 members (excludes halogenated alkanes) is 6. The normalized spacial score (nSPS) is 12.1. The minimum Gasteiger partial charge on any atom is -0.480 e. The van der Waals surface area contributed by atoms with Gasteiger partial charge >= 0.3 is 5.97 Å². The maximum atomic E-state index is 11.7. The first kappa shape index (κ1) is 22.6. The van der Waals surface area contributed by atoms with E-state index in [4.69, 9.17) is 10.2 Å². The van der Waals surface area contributed by atoms with Gasteiger partial charge in [0.1, 0.15) is 6.23 Å². The maximum Gasteiger partial charge on any atom is 0.317 e. The highest BCUT2D eigenvalue weighted by Gasteiger charge is 2.17. The van der Waals surface area contributed by atoms with Crippen LogP contribution in [0.15, 0.2) is 12.7 Å². The van der Waals surface area contributed by atoms with Crippen molar-refractivity contribution in [2.24, 2.45) is 0 Å². The molecule has 0 saturated carbocycles. The van der Waals surface area contributed by atoms with Crippen LogP contribution in [-0.4, -0.2) is 64.6 Å². The van der Waals surface area contributed by atoms with Gasteiger partial charge < -0.3 is 20.6 Å². The lowest BCUT2D eigenvalue weighted by Gasteiger charge is -2.24. The molecule has 0 saturated heterocycles. The summed E-state index contributed by atoms with van der Waals surface area (Å²) in [6.45, 7) is 3.17. The highest BCUT2D eigenvalue weighted by atomic mass is 16.4. The molecule has 0 aliphatic heterocycles. The monoisotopic (exact) mass is 344 g/mol. The molecule has 0 radical (unpaired) electrons. The number of amides is 1. The van der Waals surface area contributed by atoms with Gasteiger partial charge in [-0.15, -0.1) is 6.58 Å². The summed E-state index contributed by atoms with van der Waals surface area (Å²) in [6, 6.07) is 0. The lowest BCUT2D eigenvalue weighted by Crippen LogP contribution is -2.45. The van der Waals surface area contributed by atoms with Crippen LogP contribution in [0.25, 0.3) is 0 Å². The predicted molar refractivity (Wildman–Crippen MR) is 92.4 cm³/mol. The van der Waals surface area contributed by atoms with Crippen LogP contribution >= 0.6 is 0 Å². The van der Waals surface area contributed by atoms with Crippen LogP contribution in [0.3, 0.4) is 0 Å². The minimum atomic E-state index is -1.24. The number of aliphatic carboxylic acids is 1. The molecule has 0 aromatic rings. The fourth-order valence-corrected chi connectivity index (χ4v) is 2.33. The number of allylic oxidation sites excluding steroid dienone is 1. The number of hydrogen-bond acceptors (Lipinski definition) is 5. The van der Waals surface area contributed by atoms with E-state index in [0.29, 0.717) is 6.42 Å². The van der Waals surface area contributed by atoms with Crippen LogP contribution in [0.2, 0.25) is 0 Å². The fourth-order valence-electron chi connectivity index (χ4n) is 2.33. The van der Waals surface area contributed by atoms with Crippen LogP contribution < -0.4 is 5.32 Å². The number of nitrogens with one attached hydrogen (secondary N) is 1. The molecule has 0 aromatic carbocycles. The predicted octanol–water partition coefficient (Wildman–Crippen LogP) is 1.11. The van der Waals surface area contributed by atoms with Gasteiger partial charge in [-0.2, -0.15) is 0 Å². The standard InChI is InChI=1S/C17H32N2O5/c1-2-3-4-5-6-7-8-9-10-15(21)18-11-12-19(13-17(23)24)16(22)14-20/h2,16,20,22H,1,3-14H2,(H,18,21)(H,23,24). The molecule has 0 aromatic heterocycles. The van der Waals surface area contributed by atoms with Crippen LogP contribution in [0.5, 0.6) is 0 Å². The summed E-state index contributed by atoms with van der Waals surface area (Å²) in [7, 11) is 0. The SMILES string of the molecule is C=CCCCCCCCCC(=O)NCCN(CC(=O)O)C(O)CO. The second-order valence-corrected chi connectivity index (χ2v) is 5.83. The van der Waals surface area contributed by atoms with E-state index < -0.39 is 18.8 Å². The van der Waals surface area contributed by atoms with Crippen molar-refractivity contribution in [1.82, 2.24) is 10.2 Å². The van der Waals surface area contributed by atoms with Gasteiger partial charge in [-0.25, -0.2) is 0 Å². The van der Waals surface area contributed by atoms with E-state index in [2.05, 4.69) is 11.9 Å². The number of carbonyl (C=O) groups excluding carboxylic acids is 1. The van der Waals surface area contributed by atoms with Gasteiger partial charge in [0.2, 0.25) is 5.91 Å². The molecule has 140 valence electrons. The third-order valence-electron chi connectivity index (χ3n) is 3.71. The summed E-state index contributed by atoms with van der Waals surface area (Å²) in [4.78, 5) is 23.6. The Hall–Kier alpha value is -1.44. The smallest absolute Gasteiger partial charge is 0.317 e. The Bertz CT molecular complexity index is 363. The molecule has 0 fully saturated rings. The first-order valence-electron chi connectivity index (χ1n) is 8.63. The molecule has 0 heterocycles. The Morgan fingerprint density at radius 2 is 1.75 bits per heavy atom. The molecule has 0 bridgehead atoms. The first-order valence-corrected chi connectivity index (χ1v) is 8.63. The number of nitrogens with zero attached hydrogens (tertiary/aromatic N) is 1. The number of carboxylic acid groups (broad SMARTS) is 1. The summed E-state index contributed by atoms with van der Waals surface area (Å²) in [5, 5.41) is 29.8. The van der Waals surface area contributed by atoms with Crippen molar-refractivity contribution >= 4 is 11.9 Å². The molecule has 1 unspecified atom stereocenters. The summed E-state index contributed by atoms with van der Waals surface area (Å²) < 4.78 is 0. The Morgan fingerprint density at radius 3 is 2.33 bits per heavy atom. The average molecular weight is 344 g/mol. The van der Waals surface area contributed by atoms with E-state index in [9.17, 15) is 14.7 Å². The zero-order valence-corrected chi connectivity index (χ0v) is 14.5. The second kappa shape index (κ2) is 15.1. The highest BCUT2D eigenvalue weighted by Crippen LogP contribution is 2.08. The Kier molecular flexibility index (Phi) is 14.2. The van der Waals surface area contributed by atoms with Gasteiger partial charge in [0, 0.05) is 19.5 Å². The molecule has 7 nitrogen and oxygen atoms in total. The minimum absolute atomic E-state index is 0.0737. The van der Waals surface area contributed by atoms with E-state index >= 15 is 0 Å². The molecule has 0 aliphatic carbocycles. The number of carbonyl (C=O) groups is 2. The molecular weight excluding hydrogens is 312 g/mol. The van der Waals surface area contributed by atoms with Crippen LogP contribution in [0.4, 0.5) is 0 Å². The molecule has 0 aliphatic rings. The van der Waals surface area contributed by atoms with Crippen LogP contribution in [0, 0.1) is 0 Å². The summed E-state index contributed by atoms with van der Waals surface area (Å²) in [5.41, 5.74) is 0. The lowest BCUT2D eigenvalue weighted by atomic mass is 10.1. The van der Waals surface area contributed by atoms with Crippen molar-refractivity contribution in [3.63, 3.8) is 0 Å². The third kappa shape index (κ3) is 13.0. The van der Waals surface area contributed by atoms with Crippen molar-refractivity contribution in [3.8, 4) is 0 Å². The maximum absolute atomic E-state index is 11.7. The van der Waals surface area contributed by atoms with Crippen molar-refractivity contribution in [1.29, 1.82) is 0 Å². The molecular formula is C17H32N2O5. The summed E-state index contributed by atoms with van der Waals surface area (Å²) >= 11 is 0. The Morgan fingerprint density at radius 1 is 1.12 bits per heavy atom. The van der Waals surface area contributed by atoms with Crippen molar-refractivity contribution in [2.75, 3.05) is 26.2 Å². The zero-order chi connectivity index (χ0) is 18.2. The average Bonchev–Trinajstić information content (AvgIpc) is 2.55. The Labute approximate surface area is 144 Å². The van der Waals surface area contributed by atoms with E-state index in [-0.39, 0.29) is 25.5 Å². The van der Waals surface area contributed by atoms with E-state index in [0.717, 1.165) is 25.7 Å². The largest absolute Gasteiger partial charge is 0.480 e. The van der Waals surface area contributed by atoms with Crippen molar-refractivity contribution in [3.05, 3.63) is 12.7 Å². The number of aliphatic hydroxyl groups excluding tert-OH is 2. The van der Waals surface area contributed by atoms with Gasteiger partial charge in [0.05, 0.1) is 13.2 Å². The van der Waals surface area contributed by atoms with Crippen molar-refractivity contribution < 1.29 is 24.9 Å². The quantitative estimate of drug-likeness (QED) is 0.190. The van der Waals surface area contributed by atoms with Crippen LogP contribution in [-0.2, 0) is 9.59 Å². The fraction of sp³-hybridized carbons (Fsp3) is 0.765. The number of rotatable bonds is 16.